The van der Waals surface area contributed by atoms with E-state index in [2.05, 4.69) is 47.2 Å². The molecule has 6 nitrogen and oxygen atoms in total. The number of rotatable bonds is 10. The molecule has 0 amide bonds. The highest BCUT2D eigenvalue weighted by Crippen LogP contribution is 2.39. The minimum absolute atomic E-state index is 0.320. The molecule has 0 unspecified atom stereocenters. The molecule has 0 aliphatic heterocycles. The number of nitrogens with one attached hydrogen (secondary N) is 3. The van der Waals surface area contributed by atoms with E-state index in [9.17, 15) is 0 Å². The topological polar surface area (TPSA) is 71.4 Å². The van der Waals surface area contributed by atoms with Crippen molar-refractivity contribution in [1.82, 2.24) is 21.4 Å². The molecule has 0 aliphatic rings. The van der Waals surface area contributed by atoms with Crippen molar-refractivity contribution in [2.45, 2.75) is 0 Å². The Kier molecular flexibility index (Phi) is 7.41. The van der Waals surface area contributed by atoms with Gasteiger partial charge in [0.2, 0.25) is 5.89 Å². The lowest BCUT2D eigenvalue weighted by molar-refractivity contribution is 0.332. The molecule has 0 radical (unpaired) electrons. The van der Waals surface area contributed by atoms with Crippen LogP contribution in [-0.2, 0) is 0 Å². The molecule has 0 spiro atoms. The van der Waals surface area contributed by atoms with E-state index in [4.69, 9.17) is 14.1 Å². The van der Waals surface area contributed by atoms with Crippen LogP contribution in [0.2, 0.25) is 0 Å². The number of nitrogens with zero attached hydrogens (tertiary/aromatic N) is 1. The van der Waals surface area contributed by atoms with Crippen LogP contribution in [0.4, 0.5) is 0 Å². The van der Waals surface area contributed by atoms with Crippen LogP contribution in [-0.4, -0.2) is 18.6 Å². The molecule has 0 saturated carbocycles. The first-order valence-electron chi connectivity index (χ1n) is 12.0. The van der Waals surface area contributed by atoms with Crippen LogP contribution in [0, 0.1) is 0 Å². The number of ether oxygens (including phenoxy) is 1. The molecule has 37 heavy (non-hydrogen) atoms. The Morgan fingerprint density at radius 3 is 2.16 bits per heavy atom. The summed E-state index contributed by atoms with van der Waals surface area (Å²) in [4.78, 5) is 4.99. The van der Waals surface area contributed by atoms with Gasteiger partial charge in [0.1, 0.15) is 18.1 Å². The number of hydrogen-bond acceptors (Lipinski definition) is 6. The second kappa shape index (κ2) is 11.4. The van der Waals surface area contributed by atoms with Crippen molar-refractivity contribution in [3.05, 3.63) is 121 Å². The molecule has 0 fully saturated rings. The molecule has 0 saturated heterocycles. The Bertz CT molecular complexity index is 1420. The number of benzene rings is 4. The van der Waals surface area contributed by atoms with Crippen molar-refractivity contribution in [2.75, 3.05) is 13.7 Å². The van der Waals surface area contributed by atoms with Crippen LogP contribution < -0.4 is 21.1 Å². The van der Waals surface area contributed by atoms with E-state index in [0.717, 1.165) is 45.0 Å². The highest BCUT2D eigenvalue weighted by molar-refractivity contribution is 5.84. The average molecular weight is 489 g/mol. The molecule has 4 aromatic carbocycles. The summed E-state index contributed by atoms with van der Waals surface area (Å²) in [5, 5.41) is 0. The normalized spacial score (nSPS) is 10.7. The number of oxazole rings is 1. The van der Waals surface area contributed by atoms with Crippen molar-refractivity contribution < 1.29 is 9.15 Å². The summed E-state index contributed by atoms with van der Waals surface area (Å²) in [6.07, 6.45) is 0. The highest BCUT2D eigenvalue weighted by Gasteiger charge is 2.20. The fraction of sp³-hybridized carbons (Fsp3) is 0.0645. The summed E-state index contributed by atoms with van der Waals surface area (Å²) in [6.45, 7) is 4.26. The van der Waals surface area contributed by atoms with Gasteiger partial charge >= 0.3 is 0 Å². The Labute approximate surface area is 216 Å². The van der Waals surface area contributed by atoms with E-state index in [1.54, 1.807) is 7.05 Å². The Balaban J connectivity index is 1.52. The van der Waals surface area contributed by atoms with Gasteiger partial charge in [-0.3, -0.25) is 0 Å². The van der Waals surface area contributed by atoms with Gasteiger partial charge in [0.15, 0.2) is 5.76 Å². The minimum atomic E-state index is 0.320. The lowest BCUT2D eigenvalue weighted by atomic mass is 9.99. The lowest BCUT2D eigenvalue weighted by Crippen LogP contribution is -2.41. The maximum Gasteiger partial charge on any atom is 0.227 e. The second-order valence-electron chi connectivity index (χ2n) is 8.39. The number of hydrazine groups is 2. The third-order valence-electron chi connectivity index (χ3n) is 5.79. The van der Waals surface area contributed by atoms with E-state index < -0.39 is 0 Å². The quantitative estimate of drug-likeness (QED) is 0.196. The van der Waals surface area contributed by atoms with E-state index in [1.165, 1.54) is 0 Å². The zero-order valence-electron chi connectivity index (χ0n) is 20.6. The molecule has 0 bridgehead atoms. The van der Waals surface area contributed by atoms with Crippen molar-refractivity contribution in [1.29, 1.82) is 0 Å². The van der Waals surface area contributed by atoms with Crippen LogP contribution in [0.1, 0.15) is 0 Å². The third-order valence-corrected chi connectivity index (χ3v) is 5.79. The number of aromatic nitrogens is 1. The molecule has 5 rings (SSSR count). The predicted molar refractivity (Wildman–Crippen MR) is 148 cm³/mol. The summed E-state index contributed by atoms with van der Waals surface area (Å²) < 4.78 is 12.4. The van der Waals surface area contributed by atoms with E-state index in [1.807, 2.05) is 84.9 Å². The number of hydrogen-bond donors (Lipinski definition) is 3. The monoisotopic (exact) mass is 488 g/mol. The molecule has 0 atom stereocenters. The van der Waals surface area contributed by atoms with Gasteiger partial charge in [-0.05, 0) is 29.3 Å². The molecule has 5 aromatic rings. The minimum Gasteiger partial charge on any atom is -0.487 e. The van der Waals surface area contributed by atoms with Gasteiger partial charge in [0.25, 0.3) is 0 Å². The third kappa shape index (κ3) is 5.62. The molecule has 3 N–H and O–H groups in total. The standard InChI is InChI=1S/C31H28N4O2/c1-22(34-35-32-2)21-36-26-17-11-16-25(20-26)27-18-9-10-19-28(27)31-33-29(23-12-5-3-6-13-23)30(37-31)24-14-7-4-8-15-24/h3-20,32,34-35H,1,21H2,2H3. The van der Waals surface area contributed by atoms with Crippen molar-refractivity contribution >= 4 is 0 Å². The first-order valence-corrected chi connectivity index (χ1v) is 12.0. The fourth-order valence-corrected chi connectivity index (χ4v) is 4.04. The van der Waals surface area contributed by atoms with E-state index >= 15 is 0 Å². The lowest BCUT2D eigenvalue weighted by Gasteiger charge is -2.13. The Morgan fingerprint density at radius 2 is 1.43 bits per heavy atom. The van der Waals surface area contributed by atoms with Crippen molar-refractivity contribution in [3.63, 3.8) is 0 Å². The van der Waals surface area contributed by atoms with Crippen LogP contribution in [0.5, 0.6) is 5.75 Å². The average Bonchev–Trinajstić information content (AvgIpc) is 3.42. The SMILES string of the molecule is C=C(COc1cccc(-c2ccccc2-c2nc(-c3ccccc3)c(-c3ccccc3)o2)c1)NNNC. The van der Waals surface area contributed by atoms with Gasteiger partial charge in [0, 0.05) is 23.7 Å². The van der Waals surface area contributed by atoms with Crippen molar-refractivity contribution in [3.8, 4) is 50.9 Å². The zero-order valence-corrected chi connectivity index (χ0v) is 20.6. The second-order valence-corrected chi connectivity index (χ2v) is 8.39. The van der Waals surface area contributed by atoms with E-state index in [0.29, 0.717) is 18.2 Å². The molecular weight excluding hydrogens is 460 g/mol. The van der Waals surface area contributed by atoms with Crippen LogP contribution >= 0.6 is 0 Å². The molecule has 6 heteroatoms. The maximum atomic E-state index is 6.48. The van der Waals surface area contributed by atoms with Gasteiger partial charge in [-0.15, -0.1) is 0 Å². The van der Waals surface area contributed by atoms with Gasteiger partial charge in [0.05, 0.1) is 5.70 Å². The Hall–Kier alpha value is -4.65. The molecule has 1 aromatic heterocycles. The summed E-state index contributed by atoms with van der Waals surface area (Å²) in [7, 11) is 1.77. The van der Waals surface area contributed by atoms with E-state index in [-0.39, 0.29) is 0 Å². The molecular formula is C31H28N4O2. The largest absolute Gasteiger partial charge is 0.487 e. The zero-order chi connectivity index (χ0) is 25.5. The van der Waals surface area contributed by atoms with Crippen LogP contribution in [0.15, 0.2) is 126 Å². The van der Waals surface area contributed by atoms with Crippen LogP contribution in [0.25, 0.3) is 45.2 Å². The molecule has 1 heterocycles. The predicted octanol–water partition coefficient (Wildman–Crippen LogP) is 6.46. The van der Waals surface area contributed by atoms with Crippen molar-refractivity contribution in [2.24, 2.45) is 0 Å². The van der Waals surface area contributed by atoms with Crippen LogP contribution in [0.3, 0.4) is 0 Å². The smallest absolute Gasteiger partial charge is 0.227 e. The van der Waals surface area contributed by atoms with Gasteiger partial charge in [-0.2, -0.15) is 5.53 Å². The van der Waals surface area contributed by atoms with Gasteiger partial charge in [-0.25, -0.2) is 10.4 Å². The molecule has 0 aliphatic carbocycles. The summed E-state index contributed by atoms with van der Waals surface area (Å²) in [6, 6.07) is 36.3. The summed E-state index contributed by atoms with van der Waals surface area (Å²) in [5.41, 5.74) is 14.9. The fourth-order valence-electron chi connectivity index (χ4n) is 4.04. The summed E-state index contributed by atoms with van der Waals surface area (Å²) in [5.74, 6) is 2.05. The molecule has 184 valence electrons. The maximum absolute atomic E-state index is 6.48. The highest BCUT2D eigenvalue weighted by atomic mass is 16.5. The Morgan fingerprint density at radius 1 is 0.784 bits per heavy atom. The van der Waals surface area contributed by atoms with Gasteiger partial charge in [-0.1, -0.05) is 97.6 Å². The first kappa shape index (κ1) is 24.1. The van der Waals surface area contributed by atoms with Gasteiger partial charge < -0.3 is 14.6 Å². The summed E-state index contributed by atoms with van der Waals surface area (Å²) >= 11 is 0. The first-order chi connectivity index (χ1) is 18.2.